The van der Waals surface area contributed by atoms with Gasteiger partial charge in [0.15, 0.2) is 0 Å². The van der Waals surface area contributed by atoms with Crippen LogP contribution in [0.5, 0.6) is 0 Å². The third-order valence-electron chi connectivity index (χ3n) is 2.89. The zero-order valence-electron chi connectivity index (χ0n) is 9.41. The number of anilines is 3. The monoisotopic (exact) mass is 221 g/mol. The minimum atomic E-state index is 0.326. The van der Waals surface area contributed by atoms with Gasteiger partial charge in [-0.1, -0.05) is 0 Å². The molecule has 1 heterocycles. The van der Waals surface area contributed by atoms with Gasteiger partial charge in [-0.15, -0.1) is 0 Å². The van der Waals surface area contributed by atoms with Crippen LogP contribution < -0.4 is 16.8 Å². The molecular weight excluding hydrogens is 202 g/mol. The molecule has 1 unspecified atom stereocenters. The molecule has 1 aliphatic heterocycles. The highest BCUT2D eigenvalue weighted by atomic mass is 16.5. The molecule has 16 heavy (non-hydrogen) atoms. The third kappa shape index (κ3) is 2.79. The largest absolute Gasteiger partial charge is 0.397 e. The number of ether oxygens (including phenoxy) is 1. The minimum Gasteiger partial charge on any atom is -0.397 e. The molecule has 4 heteroatoms. The molecule has 0 aliphatic carbocycles. The molecule has 1 aliphatic rings. The maximum Gasteiger partial charge on any atom is 0.0747 e. The van der Waals surface area contributed by atoms with Gasteiger partial charge in [0.1, 0.15) is 0 Å². The molecule has 0 radical (unpaired) electrons. The molecule has 5 N–H and O–H groups in total. The molecule has 0 amide bonds. The van der Waals surface area contributed by atoms with Crippen molar-refractivity contribution in [3.63, 3.8) is 0 Å². The van der Waals surface area contributed by atoms with E-state index in [2.05, 4.69) is 5.32 Å². The first-order chi connectivity index (χ1) is 7.75. The third-order valence-corrected chi connectivity index (χ3v) is 2.89. The Labute approximate surface area is 96.0 Å². The van der Waals surface area contributed by atoms with Crippen molar-refractivity contribution >= 4 is 17.1 Å². The SMILES string of the molecule is Nc1ccc(NCC2CCCCO2)cc1N. The van der Waals surface area contributed by atoms with Crippen LogP contribution in [0.15, 0.2) is 18.2 Å². The number of nitrogens with one attached hydrogen (secondary N) is 1. The van der Waals surface area contributed by atoms with Gasteiger partial charge in [0.2, 0.25) is 0 Å². The van der Waals surface area contributed by atoms with Gasteiger partial charge < -0.3 is 21.5 Å². The zero-order valence-corrected chi connectivity index (χ0v) is 9.41. The lowest BCUT2D eigenvalue weighted by Crippen LogP contribution is -2.26. The highest BCUT2D eigenvalue weighted by molar-refractivity contribution is 5.69. The Kier molecular flexibility index (Phi) is 3.51. The van der Waals surface area contributed by atoms with Crippen LogP contribution >= 0.6 is 0 Å². The molecule has 1 atom stereocenters. The van der Waals surface area contributed by atoms with Crippen molar-refractivity contribution in [3.8, 4) is 0 Å². The van der Waals surface area contributed by atoms with Crippen LogP contribution in [-0.4, -0.2) is 19.3 Å². The Balaban J connectivity index is 1.86. The Morgan fingerprint density at radius 3 is 2.81 bits per heavy atom. The molecule has 0 saturated carbocycles. The summed E-state index contributed by atoms with van der Waals surface area (Å²) in [6.07, 6.45) is 3.91. The van der Waals surface area contributed by atoms with Crippen molar-refractivity contribution in [3.05, 3.63) is 18.2 Å². The molecule has 0 spiro atoms. The number of nitrogen functional groups attached to an aromatic ring is 2. The molecule has 1 aromatic carbocycles. The lowest BCUT2D eigenvalue weighted by Gasteiger charge is -2.23. The maximum atomic E-state index is 5.73. The lowest BCUT2D eigenvalue weighted by atomic mass is 10.1. The number of hydrogen-bond donors (Lipinski definition) is 3. The van der Waals surface area contributed by atoms with Gasteiger partial charge in [0.25, 0.3) is 0 Å². The first-order valence-electron chi connectivity index (χ1n) is 5.76. The second-order valence-corrected chi connectivity index (χ2v) is 4.21. The highest BCUT2D eigenvalue weighted by Crippen LogP contribution is 2.20. The highest BCUT2D eigenvalue weighted by Gasteiger charge is 2.13. The van der Waals surface area contributed by atoms with E-state index in [1.165, 1.54) is 12.8 Å². The summed E-state index contributed by atoms with van der Waals surface area (Å²) < 4.78 is 5.64. The number of benzene rings is 1. The van der Waals surface area contributed by atoms with Gasteiger partial charge in [-0.2, -0.15) is 0 Å². The van der Waals surface area contributed by atoms with Crippen LogP contribution in [0.1, 0.15) is 19.3 Å². The standard InChI is InChI=1S/C12H19N3O/c13-11-5-4-9(7-12(11)14)15-8-10-3-1-2-6-16-10/h4-5,7,10,15H,1-3,6,8,13-14H2. The van der Waals surface area contributed by atoms with E-state index in [-0.39, 0.29) is 0 Å². The van der Waals surface area contributed by atoms with Crippen molar-refractivity contribution < 1.29 is 4.74 Å². The van der Waals surface area contributed by atoms with Crippen LogP contribution in [0.25, 0.3) is 0 Å². The lowest BCUT2D eigenvalue weighted by molar-refractivity contribution is 0.0247. The van der Waals surface area contributed by atoms with E-state index in [0.717, 1.165) is 25.3 Å². The van der Waals surface area contributed by atoms with Crippen molar-refractivity contribution in [2.24, 2.45) is 0 Å². The Hall–Kier alpha value is -1.42. The molecule has 1 saturated heterocycles. The predicted molar refractivity (Wildman–Crippen MR) is 67.3 cm³/mol. The van der Waals surface area contributed by atoms with Crippen LogP contribution in [0.4, 0.5) is 17.1 Å². The first-order valence-corrected chi connectivity index (χ1v) is 5.76. The molecule has 88 valence electrons. The van der Waals surface area contributed by atoms with Crippen molar-refractivity contribution in [2.75, 3.05) is 29.9 Å². The summed E-state index contributed by atoms with van der Waals surface area (Å²) in [6.45, 7) is 1.72. The summed E-state index contributed by atoms with van der Waals surface area (Å²) in [5, 5.41) is 3.32. The van der Waals surface area contributed by atoms with E-state index in [1.807, 2.05) is 18.2 Å². The number of nitrogens with two attached hydrogens (primary N) is 2. The van der Waals surface area contributed by atoms with Gasteiger partial charge in [-0.25, -0.2) is 0 Å². The quantitative estimate of drug-likeness (QED) is 0.681. The predicted octanol–water partition coefficient (Wildman–Crippen LogP) is 1.83. The normalized spacial score (nSPS) is 20.6. The van der Waals surface area contributed by atoms with E-state index in [0.29, 0.717) is 17.5 Å². The van der Waals surface area contributed by atoms with Gasteiger partial charge in [-0.3, -0.25) is 0 Å². The summed E-state index contributed by atoms with van der Waals surface area (Å²) in [4.78, 5) is 0. The molecule has 0 aromatic heterocycles. The minimum absolute atomic E-state index is 0.326. The van der Waals surface area contributed by atoms with Crippen molar-refractivity contribution in [1.29, 1.82) is 0 Å². The van der Waals surface area contributed by atoms with Gasteiger partial charge >= 0.3 is 0 Å². The summed E-state index contributed by atoms with van der Waals surface area (Å²) in [5.74, 6) is 0. The summed E-state index contributed by atoms with van der Waals surface area (Å²) in [5.41, 5.74) is 13.6. The fourth-order valence-electron chi connectivity index (χ4n) is 1.88. The summed E-state index contributed by atoms with van der Waals surface area (Å²) in [6, 6.07) is 5.62. The van der Waals surface area contributed by atoms with Crippen molar-refractivity contribution in [1.82, 2.24) is 0 Å². The fraction of sp³-hybridized carbons (Fsp3) is 0.500. The van der Waals surface area contributed by atoms with Crippen LogP contribution in [0.3, 0.4) is 0 Å². The Morgan fingerprint density at radius 1 is 1.25 bits per heavy atom. The second kappa shape index (κ2) is 5.07. The first kappa shape index (κ1) is 11.1. The topological polar surface area (TPSA) is 73.3 Å². The zero-order chi connectivity index (χ0) is 11.4. The van der Waals surface area contributed by atoms with Crippen LogP contribution in [0.2, 0.25) is 0 Å². The molecule has 1 aromatic rings. The Bertz CT molecular complexity index is 348. The maximum absolute atomic E-state index is 5.73. The summed E-state index contributed by atoms with van der Waals surface area (Å²) >= 11 is 0. The van der Waals surface area contributed by atoms with E-state index in [4.69, 9.17) is 16.2 Å². The Morgan fingerprint density at radius 2 is 2.12 bits per heavy atom. The molecule has 1 fully saturated rings. The molecular formula is C12H19N3O. The van der Waals surface area contributed by atoms with E-state index >= 15 is 0 Å². The van der Waals surface area contributed by atoms with Crippen molar-refractivity contribution in [2.45, 2.75) is 25.4 Å². The number of hydrogen-bond acceptors (Lipinski definition) is 4. The molecule has 4 nitrogen and oxygen atoms in total. The molecule has 0 bridgehead atoms. The average molecular weight is 221 g/mol. The van der Waals surface area contributed by atoms with E-state index in [1.54, 1.807) is 0 Å². The van der Waals surface area contributed by atoms with E-state index < -0.39 is 0 Å². The fourth-order valence-corrected chi connectivity index (χ4v) is 1.88. The van der Waals surface area contributed by atoms with Crippen LogP contribution in [0, 0.1) is 0 Å². The van der Waals surface area contributed by atoms with E-state index in [9.17, 15) is 0 Å². The van der Waals surface area contributed by atoms with Gasteiger partial charge in [-0.05, 0) is 37.5 Å². The number of rotatable bonds is 3. The summed E-state index contributed by atoms with van der Waals surface area (Å²) in [7, 11) is 0. The molecule has 2 rings (SSSR count). The van der Waals surface area contributed by atoms with Gasteiger partial charge in [0.05, 0.1) is 17.5 Å². The van der Waals surface area contributed by atoms with Crippen LogP contribution in [-0.2, 0) is 4.74 Å². The smallest absolute Gasteiger partial charge is 0.0747 e. The van der Waals surface area contributed by atoms with Gasteiger partial charge in [0, 0.05) is 18.8 Å². The average Bonchev–Trinajstić information content (AvgIpc) is 2.32. The second-order valence-electron chi connectivity index (χ2n) is 4.21.